The summed E-state index contributed by atoms with van der Waals surface area (Å²) in [6.45, 7) is 2.47. The van der Waals surface area contributed by atoms with Gasteiger partial charge < -0.3 is 33.9 Å². The van der Waals surface area contributed by atoms with Crippen LogP contribution in [-0.4, -0.2) is 46.9 Å². The summed E-state index contributed by atoms with van der Waals surface area (Å²) < 4.78 is 27.4. The van der Waals surface area contributed by atoms with Crippen LogP contribution >= 0.6 is 0 Å². The molecule has 9 heteroatoms. The summed E-state index contributed by atoms with van der Waals surface area (Å²) in [5, 5.41) is 3.03. The molecule has 4 rings (SSSR count). The molecule has 0 aliphatic carbocycles. The average Bonchev–Trinajstić information content (AvgIpc) is 2.97. The van der Waals surface area contributed by atoms with E-state index in [0.29, 0.717) is 47.4 Å². The van der Waals surface area contributed by atoms with Crippen molar-refractivity contribution >= 4 is 23.2 Å². The summed E-state index contributed by atoms with van der Waals surface area (Å²) in [7, 11) is 6.15. The van der Waals surface area contributed by atoms with Gasteiger partial charge in [0.05, 0.1) is 52.7 Å². The van der Waals surface area contributed by atoms with E-state index in [1.54, 1.807) is 36.3 Å². The lowest BCUT2D eigenvalue weighted by atomic mass is 9.83. The van der Waals surface area contributed by atoms with E-state index >= 15 is 0 Å². The van der Waals surface area contributed by atoms with Crippen molar-refractivity contribution in [2.75, 3.05) is 45.3 Å². The summed E-state index contributed by atoms with van der Waals surface area (Å²) >= 11 is 0. The van der Waals surface area contributed by atoms with Gasteiger partial charge in [0.2, 0.25) is 17.6 Å². The predicted molar refractivity (Wildman–Crippen MR) is 148 cm³/mol. The molecule has 0 bridgehead atoms. The number of carbonyl (C=O) groups is 2. The van der Waals surface area contributed by atoms with Crippen LogP contribution in [0.3, 0.4) is 0 Å². The standard InChI is InChI=1S/C30H34N2O7/c1-6-39-23-13-9-20(10-14-23)31-30(34)24-15-16-27(33)32(28(24)19-7-11-22(35-2)12-8-19)21-17-25(36-3)29(38-5)26(18-21)37-4/h7-14,17-18,24,28H,6,15-16H2,1-5H3,(H,31,34)/t24-,28-/m0/s1. The first-order chi connectivity index (χ1) is 18.9. The number of piperidine rings is 1. The molecule has 1 fully saturated rings. The van der Waals surface area contributed by atoms with Crippen LogP contribution < -0.4 is 33.9 Å². The van der Waals surface area contributed by atoms with Crippen molar-refractivity contribution in [3.05, 3.63) is 66.2 Å². The van der Waals surface area contributed by atoms with Gasteiger partial charge in [-0.1, -0.05) is 12.1 Å². The van der Waals surface area contributed by atoms with Crippen LogP contribution in [0.15, 0.2) is 60.7 Å². The van der Waals surface area contributed by atoms with Crippen molar-refractivity contribution in [3.8, 4) is 28.7 Å². The normalized spacial score (nSPS) is 16.8. The molecule has 0 radical (unpaired) electrons. The zero-order valence-corrected chi connectivity index (χ0v) is 22.9. The van der Waals surface area contributed by atoms with Crippen LogP contribution in [0.2, 0.25) is 0 Å². The molecule has 0 aromatic heterocycles. The molecular formula is C30H34N2O7. The van der Waals surface area contributed by atoms with E-state index in [2.05, 4.69) is 5.32 Å². The van der Waals surface area contributed by atoms with Gasteiger partial charge >= 0.3 is 0 Å². The lowest BCUT2D eigenvalue weighted by Gasteiger charge is -2.41. The fraction of sp³-hybridized carbons (Fsp3) is 0.333. The number of rotatable bonds is 10. The molecule has 1 aliphatic heterocycles. The smallest absolute Gasteiger partial charge is 0.229 e. The van der Waals surface area contributed by atoms with E-state index in [0.717, 1.165) is 11.3 Å². The molecule has 0 saturated carbocycles. The Labute approximate surface area is 228 Å². The Kier molecular flexibility index (Phi) is 8.81. The quantitative estimate of drug-likeness (QED) is 0.380. The fourth-order valence-corrected chi connectivity index (χ4v) is 4.90. The first-order valence-corrected chi connectivity index (χ1v) is 12.7. The monoisotopic (exact) mass is 534 g/mol. The van der Waals surface area contributed by atoms with Gasteiger partial charge in [0.15, 0.2) is 11.5 Å². The number of ether oxygens (including phenoxy) is 5. The summed E-state index contributed by atoms with van der Waals surface area (Å²) in [5.41, 5.74) is 1.98. The minimum atomic E-state index is -0.595. The number of amides is 2. The third-order valence-electron chi connectivity index (χ3n) is 6.75. The molecule has 1 N–H and O–H groups in total. The van der Waals surface area contributed by atoms with Gasteiger partial charge in [-0.2, -0.15) is 0 Å². The first kappa shape index (κ1) is 27.6. The summed E-state index contributed by atoms with van der Waals surface area (Å²) in [5.74, 6) is 1.79. The lowest BCUT2D eigenvalue weighted by molar-refractivity contribution is -0.125. The highest BCUT2D eigenvalue weighted by Crippen LogP contribution is 2.46. The zero-order valence-electron chi connectivity index (χ0n) is 22.9. The molecule has 0 spiro atoms. The largest absolute Gasteiger partial charge is 0.497 e. The van der Waals surface area contributed by atoms with Crippen LogP contribution in [0.4, 0.5) is 11.4 Å². The molecule has 2 atom stereocenters. The molecule has 206 valence electrons. The van der Waals surface area contributed by atoms with Crippen LogP contribution in [0.5, 0.6) is 28.7 Å². The highest BCUT2D eigenvalue weighted by Gasteiger charge is 2.42. The van der Waals surface area contributed by atoms with E-state index in [9.17, 15) is 9.59 Å². The Bertz CT molecular complexity index is 1270. The highest BCUT2D eigenvalue weighted by molar-refractivity contribution is 6.00. The van der Waals surface area contributed by atoms with E-state index < -0.39 is 12.0 Å². The van der Waals surface area contributed by atoms with Gasteiger partial charge in [-0.25, -0.2) is 0 Å². The Morgan fingerprint density at radius 3 is 2.03 bits per heavy atom. The van der Waals surface area contributed by atoms with E-state index in [1.165, 1.54) is 21.3 Å². The zero-order chi connectivity index (χ0) is 27.9. The van der Waals surface area contributed by atoms with Crippen LogP contribution in [0.25, 0.3) is 0 Å². The second-order valence-corrected chi connectivity index (χ2v) is 8.96. The second-order valence-electron chi connectivity index (χ2n) is 8.96. The summed E-state index contributed by atoms with van der Waals surface area (Å²) in [6.07, 6.45) is 0.587. The number of hydrogen-bond acceptors (Lipinski definition) is 7. The van der Waals surface area contributed by atoms with Crippen molar-refractivity contribution in [3.63, 3.8) is 0 Å². The van der Waals surface area contributed by atoms with Gasteiger partial charge in [0.1, 0.15) is 11.5 Å². The van der Waals surface area contributed by atoms with Crippen molar-refractivity contribution in [2.24, 2.45) is 5.92 Å². The average molecular weight is 535 g/mol. The van der Waals surface area contributed by atoms with Crippen molar-refractivity contribution in [2.45, 2.75) is 25.8 Å². The fourth-order valence-electron chi connectivity index (χ4n) is 4.90. The first-order valence-electron chi connectivity index (χ1n) is 12.7. The van der Waals surface area contributed by atoms with Crippen LogP contribution in [0, 0.1) is 5.92 Å². The van der Waals surface area contributed by atoms with E-state index in [4.69, 9.17) is 23.7 Å². The van der Waals surface area contributed by atoms with Gasteiger partial charge in [-0.15, -0.1) is 0 Å². The van der Waals surface area contributed by atoms with Crippen LogP contribution in [-0.2, 0) is 9.59 Å². The van der Waals surface area contributed by atoms with Crippen LogP contribution in [0.1, 0.15) is 31.4 Å². The highest BCUT2D eigenvalue weighted by atomic mass is 16.5. The Morgan fingerprint density at radius 1 is 0.872 bits per heavy atom. The lowest BCUT2D eigenvalue weighted by Crippen LogP contribution is -2.47. The van der Waals surface area contributed by atoms with Gasteiger partial charge in [0.25, 0.3) is 0 Å². The maximum absolute atomic E-state index is 13.7. The molecule has 9 nitrogen and oxygen atoms in total. The third-order valence-corrected chi connectivity index (χ3v) is 6.75. The molecular weight excluding hydrogens is 500 g/mol. The van der Waals surface area contributed by atoms with E-state index in [1.807, 2.05) is 43.3 Å². The number of nitrogens with one attached hydrogen (secondary N) is 1. The summed E-state index contributed by atoms with van der Waals surface area (Å²) in [6, 6.07) is 17.5. The maximum atomic E-state index is 13.7. The van der Waals surface area contributed by atoms with E-state index in [-0.39, 0.29) is 18.2 Å². The molecule has 2 amide bonds. The van der Waals surface area contributed by atoms with Crippen molar-refractivity contribution in [1.29, 1.82) is 0 Å². The molecule has 0 unspecified atom stereocenters. The Balaban J connectivity index is 1.76. The predicted octanol–water partition coefficient (Wildman–Crippen LogP) is 5.24. The minimum Gasteiger partial charge on any atom is -0.497 e. The number of carbonyl (C=O) groups excluding carboxylic acids is 2. The molecule has 3 aromatic carbocycles. The van der Waals surface area contributed by atoms with Crippen molar-refractivity contribution in [1.82, 2.24) is 0 Å². The van der Waals surface area contributed by atoms with Gasteiger partial charge in [-0.05, 0) is 55.3 Å². The van der Waals surface area contributed by atoms with Gasteiger partial charge in [0, 0.05) is 24.2 Å². The molecule has 1 saturated heterocycles. The Hall–Kier alpha value is -4.40. The second kappa shape index (κ2) is 12.4. The maximum Gasteiger partial charge on any atom is 0.229 e. The minimum absolute atomic E-state index is 0.116. The summed E-state index contributed by atoms with van der Waals surface area (Å²) in [4.78, 5) is 28.9. The SMILES string of the molecule is CCOc1ccc(NC(=O)[C@H]2CCC(=O)N(c3cc(OC)c(OC)c(OC)c3)[C@H]2c2ccc(OC)cc2)cc1. The number of hydrogen-bond donors (Lipinski definition) is 1. The number of methoxy groups -OCH3 is 4. The van der Waals surface area contributed by atoms with Crippen molar-refractivity contribution < 1.29 is 33.3 Å². The topological polar surface area (TPSA) is 95.6 Å². The Morgan fingerprint density at radius 2 is 1.49 bits per heavy atom. The molecule has 1 aliphatic rings. The number of anilines is 2. The molecule has 39 heavy (non-hydrogen) atoms. The molecule has 1 heterocycles. The molecule has 3 aromatic rings. The number of benzene rings is 3. The number of nitrogens with zero attached hydrogens (tertiary/aromatic N) is 1. The van der Waals surface area contributed by atoms with Gasteiger partial charge in [-0.3, -0.25) is 9.59 Å². The third kappa shape index (κ3) is 5.87.